The largest absolute Gasteiger partial charge is 0.382 e. The summed E-state index contributed by atoms with van der Waals surface area (Å²) in [7, 11) is 0. The Morgan fingerprint density at radius 1 is 1.00 bits per heavy atom. The molecule has 0 aliphatic heterocycles. The lowest BCUT2D eigenvalue weighted by atomic mass is 10.2. The van der Waals surface area contributed by atoms with E-state index in [1.807, 2.05) is 0 Å². The molecule has 0 unspecified atom stereocenters. The van der Waals surface area contributed by atoms with Crippen molar-refractivity contribution in [2.45, 2.75) is 25.4 Å². The van der Waals surface area contributed by atoms with Gasteiger partial charge in [0.2, 0.25) is 0 Å². The van der Waals surface area contributed by atoms with Gasteiger partial charge in [0.05, 0.1) is 0 Å². The molecule has 0 saturated heterocycles. The first-order chi connectivity index (χ1) is 9.29. The van der Waals surface area contributed by atoms with Gasteiger partial charge in [-0.05, 0) is 54.8 Å². The Morgan fingerprint density at radius 3 is 2.53 bits per heavy atom. The van der Waals surface area contributed by atoms with E-state index < -0.39 is 0 Å². The summed E-state index contributed by atoms with van der Waals surface area (Å²) in [5, 5.41) is 6.77. The minimum atomic E-state index is -0.207. The van der Waals surface area contributed by atoms with E-state index in [0.717, 1.165) is 12.2 Å². The van der Waals surface area contributed by atoms with Gasteiger partial charge in [-0.1, -0.05) is 12.1 Å². The Kier molecular flexibility index (Phi) is 3.36. The second-order valence-corrected chi connectivity index (χ2v) is 4.98. The first-order valence-electron chi connectivity index (χ1n) is 6.64. The third kappa shape index (κ3) is 3.47. The van der Waals surface area contributed by atoms with Gasteiger partial charge in [-0.15, -0.1) is 0 Å². The maximum Gasteiger partial charge on any atom is 0.123 e. The predicted octanol–water partition coefficient (Wildman–Crippen LogP) is 4.01. The van der Waals surface area contributed by atoms with E-state index in [0.29, 0.717) is 6.04 Å². The van der Waals surface area contributed by atoms with Crippen LogP contribution in [0.15, 0.2) is 48.5 Å². The molecule has 2 aromatic carbocycles. The highest BCUT2D eigenvalue weighted by Gasteiger charge is 2.20. The summed E-state index contributed by atoms with van der Waals surface area (Å²) in [4.78, 5) is 0. The van der Waals surface area contributed by atoms with Crippen molar-refractivity contribution in [1.82, 2.24) is 0 Å². The predicted molar refractivity (Wildman–Crippen MR) is 76.8 cm³/mol. The van der Waals surface area contributed by atoms with Crippen LogP contribution in [0.3, 0.4) is 0 Å². The molecule has 0 heterocycles. The quantitative estimate of drug-likeness (QED) is 0.844. The van der Waals surface area contributed by atoms with E-state index in [1.165, 1.54) is 36.2 Å². The number of nitrogens with one attached hydrogen (secondary N) is 2. The van der Waals surface area contributed by atoms with Crippen LogP contribution in [0.2, 0.25) is 0 Å². The molecule has 0 bridgehead atoms. The summed E-state index contributed by atoms with van der Waals surface area (Å²) in [5.74, 6) is -0.207. The van der Waals surface area contributed by atoms with Crippen LogP contribution in [0.25, 0.3) is 0 Å². The standard InChI is InChI=1S/C16H17FN2/c17-13-4-6-14(7-5-13)18-11-12-2-1-3-16(10-12)19-15-8-9-15/h1-7,10,15,18-19H,8-9,11H2. The third-order valence-electron chi connectivity index (χ3n) is 3.22. The molecule has 1 saturated carbocycles. The van der Waals surface area contributed by atoms with Crippen molar-refractivity contribution in [2.75, 3.05) is 10.6 Å². The average Bonchev–Trinajstić information content (AvgIpc) is 3.23. The number of benzene rings is 2. The van der Waals surface area contributed by atoms with Gasteiger partial charge in [0.1, 0.15) is 5.82 Å². The number of rotatable bonds is 5. The Bertz CT molecular complexity index is 547. The Hall–Kier alpha value is -2.03. The van der Waals surface area contributed by atoms with Crippen LogP contribution in [0, 0.1) is 5.82 Å². The Labute approximate surface area is 112 Å². The molecule has 1 aliphatic rings. The SMILES string of the molecule is Fc1ccc(NCc2cccc(NC3CC3)c2)cc1. The second-order valence-electron chi connectivity index (χ2n) is 4.98. The Balaban J connectivity index is 1.60. The van der Waals surface area contributed by atoms with Gasteiger partial charge in [-0.25, -0.2) is 4.39 Å². The zero-order valence-corrected chi connectivity index (χ0v) is 10.7. The van der Waals surface area contributed by atoms with Crippen LogP contribution in [0.4, 0.5) is 15.8 Å². The minimum absolute atomic E-state index is 0.207. The molecule has 0 amide bonds. The van der Waals surface area contributed by atoms with Gasteiger partial charge in [0.15, 0.2) is 0 Å². The molecule has 3 heteroatoms. The van der Waals surface area contributed by atoms with Crippen LogP contribution in [0.1, 0.15) is 18.4 Å². The van der Waals surface area contributed by atoms with E-state index in [1.54, 1.807) is 12.1 Å². The average molecular weight is 256 g/mol. The molecule has 0 atom stereocenters. The summed E-state index contributed by atoms with van der Waals surface area (Å²) in [5.41, 5.74) is 3.33. The summed E-state index contributed by atoms with van der Waals surface area (Å²) in [6, 6.07) is 15.5. The molecule has 2 nitrogen and oxygen atoms in total. The van der Waals surface area contributed by atoms with Crippen molar-refractivity contribution in [3.8, 4) is 0 Å². The van der Waals surface area contributed by atoms with Crippen molar-refractivity contribution >= 4 is 11.4 Å². The van der Waals surface area contributed by atoms with E-state index in [4.69, 9.17) is 0 Å². The molecule has 98 valence electrons. The highest BCUT2D eigenvalue weighted by atomic mass is 19.1. The zero-order valence-electron chi connectivity index (χ0n) is 10.7. The normalized spacial score (nSPS) is 14.2. The maximum atomic E-state index is 12.8. The molecule has 2 N–H and O–H groups in total. The number of hydrogen-bond donors (Lipinski definition) is 2. The smallest absolute Gasteiger partial charge is 0.123 e. The maximum absolute atomic E-state index is 12.8. The summed E-state index contributed by atoms with van der Waals surface area (Å²) in [6.07, 6.45) is 2.55. The first-order valence-corrected chi connectivity index (χ1v) is 6.64. The molecule has 1 fully saturated rings. The summed E-state index contributed by atoms with van der Waals surface area (Å²) in [6.45, 7) is 0.742. The highest BCUT2D eigenvalue weighted by Crippen LogP contribution is 2.25. The molecule has 19 heavy (non-hydrogen) atoms. The van der Waals surface area contributed by atoms with Gasteiger partial charge in [-0.3, -0.25) is 0 Å². The molecule has 3 rings (SSSR count). The van der Waals surface area contributed by atoms with Crippen LogP contribution >= 0.6 is 0 Å². The van der Waals surface area contributed by atoms with Crippen molar-refractivity contribution < 1.29 is 4.39 Å². The van der Waals surface area contributed by atoms with Crippen LogP contribution in [-0.4, -0.2) is 6.04 Å². The second kappa shape index (κ2) is 5.31. The third-order valence-corrected chi connectivity index (χ3v) is 3.22. The van der Waals surface area contributed by atoms with Crippen molar-refractivity contribution in [3.05, 3.63) is 59.9 Å². The first kappa shape index (κ1) is 12.0. The van der Waals surface area contributed by atoms with E-state index in [9.17, 15) is 4.39 Å². The summed E-state index contributed by atoms with van der Waals surface area (Å²) >= 11 is 0. The molecule has 0 radical (unpaired) electrons. The topological polar surface area (TPSA) is 24.1 Å². The van der Waals surface area contributed by atoms with Crippen molar-refractivity contribution in [3.63, 3.8) is 0 Å². The van der Waals surface area contributed by atoms with Gasteiger partial charge in [0.25, 0.3) is 0 Å². The van der Waals surface area contributed by atoms with Gasteiger partial charge in [0, 0.05) is 24.0 Å². The van der Waals surface area contributed by atoms with E-state index in [2.05, 4.69) is 34.9 Å². The minimum Gasteiger partial charge on any atom is -0.382 e. The van der Waals surface area contributed by atoms with E-state index in [-0.39, 0.29) is 5.82 Å². The van der Waals surface area contributed by atoms with Crippen molar-refractivity contribution in [1.29, 1.82) is 0 Å². The lowest BCUT2D eigenvalue weighted by Crippen LogP contribution is -2.03. The highest BCUT2D eigenvalue weighted by molar-refractivity contribution is 5.49. The van der Waals surface area contributed by atoms with E-state index >= 15 is 0 Å². The van der Waals surface area contributed by atoms with Gasteiger partial charge < -0.3 is 10.6 Å². The molecular weight excluding hydrogens is 239 g/mol. The monoisotopic (exact) mass is 256 g/mol. The fraction of sp³-hybridized carbons (Fsp3) is 0.250. The van der Waals surface area contributed by atoms with Crippen LogP contribution < -0.4 is 10.6 Å². The van der Waals surface area contributed by atoms with Crippen molar-refractivity contribution in [2.24, 2.45) is 0 Å². The van der Waals surface area contributed by atoms with Crippen LogP contribution in [-0.2, 0) is 6.54 Å². The molecule has 1 aliphatic carbocycles. The molecule has 2 aromatic rings. The lowest BCUT2D eigenvalue weighted by molar-refractivity contribution is 0.628. The van der Waals surface area contributed by atoms with Gasteiger partial charge in [-0.2, -0.15) is 0 Å². The van der Waals surface area contributed by atoms with Crippen LogP contribution in [0.5, 0.6) is 0 Å². The molecule has 0 spiro atoms. The van der Waals surface area contributed by atoms with Gasteiger partial charge >= 0.3 is 0 Å². The fourth-order valence-corrected chi connectivity index (χ4v) is 2.01. The lowest BCUT2D eigenvalue weighted by Gasteiger charge is -2.09. The number of halogens is 1. The fourth-order valence-electron chi connectivity index (χ4n) is 2.01. The summed E-state index contributed by atoms with van der Waals surface area (Å²) < 4.78 is 12.8. The number of anilines is 2. The molecular formula is C16H17FN2. The zero-order chi connectivity index (χ0) is 13.1. The number of hydrogen-bond acceptors (Lipinski definition) is 2. The Morgan fingerprint density at radius 2 is 1.79 bits per heavy atom. The molecule has 0 aromatic heterocycles.